The SMILES string of the molecule is Cc1ccccc1C(=O)C(C)c1ccc(C(=O)Cc2cc(N3CCOCC3)n3nccc3n2)cc1. The van der Waals surface area contributed by atoms with E-state index in [2.05, 4.69) is 15.0 Å². The summed E-state index contributed by atoms with van der Waals surface area (Å²) in [6.07, 6.45) is 1.91. The molecule has 1 saturated heterocycles. The summed E-state index contributed by atoms with van der Waals surface area (Å²) in [6.45, 7) is 6.72. The van der Waals surface area contributed by atoms with Crippen molar-refractivity contribution in [2.24, 2.45) is 0 Å². The van der Waals surface area contributed by atoms with Gasteiger partial charge >= 0.3 is 0 Å². The van der Waals surface area contributed by atoms with Gasteiger partial charge in [-0.15, -0.1) is 0 Å². The van der Waals surface area contributed by atoms with E-state index in [1.807, 2.05) is 62.4 Å². The fourth-order valence-electron chi connectivity index (χ4n) is 4.51. The van der Waals surface area contributed by atoms with E-state index < -0.39 is 0 Å². The summed E-state index contributed by atoms with van der Waals surface area (Å²) in [6, 6.07) is 18.8. The summed E-state index contributed by atoms with van der Waals surface area (Å²) in [7, 11) is 0. The number of aromatic nitrogens is 3. The third-order valence-corrected chi connectivity index (χ3v) is 6.61. The molecule has 0 radical (unpaired) electrons. The highest BCUT2D eigenvalue weighted by atomic mass is 16.5. The number of benzene rings is 2. The van der Waals surface area contributed by atoms with E-state index in [0.717, 1.165) is 41.2 Å². The lowest BCUT2D eigenvalue weighted by molar-refractivity contribution is 0.0964. The number of fused-ring (bicyclic) bond motifs is 1. The van der Waals surface area contributed by atoms with Gasteiger partial charge in [0.05, 0.1) is 31.5 Å². The average Bonchev–Trinajstić information content (AvgIpc) is 3.37. The molecule has 1 unspecified atom stereocenters. The number of hydrogen-bond acceptors (Lipinski definition) is 6. The number of Topliss-reactive ketones (excluding diaryl/α,β-unsaturated/α-hetero) is 2. The quantitative estimate of drug-likeness (QED) is 0.377. The van der Waals surface area contributed by atoms with Gasteiger partial charge in [-0.2, -0.15) is 9.61 Å². The summed E-state index contributed by atoms with van der Waals surface area (Å²) in [5.41, 5.74) is 4.62. The van der Waals surface area contributed by atoms with Crippen LogP contribution in [0.3, 0.4) is 0 Å². The Bertz CT molecular complexity index is 1370. The Morgan fingerprint density at radius 1 is 1.03 bits per heavy atom. The van der Waals surface area contributed by atoms with Gasteiger partial charge in [0.2, 0.25) is 0 Å². The van der Waals surface area contributed by atoms with Crippen LogP contribution in [0.5, 0.6) is 0 Å². The second kappa shape index (κ2) is 9.80. The summed E-state index contributed by atoms with van der Waals surface area (Å²) in [5, 5.41) is 4.40. The molecule has 1 aliphatic rings. The van der Waals surface area contributed by atoms with Gasteiger partial charge in [0, 0.05) is 42.3 Å². The van der Waals surface area contributed by atoms with Gasteiger partial charge in [-0.3, -0.25) is 9.59 Å². The van der Waals surface area contributed by atoms with Gasteiger partial charge in [-0.25, -0.2) is 4.98 Å². The van der Waals surface area contributed by atoms with E-state index in [9.17, 15) is 9.59 Å². The molecule has 2 aromatic carbocycles. The first-order valence-corrected chi connectivity index (χ1v) is 11.9. The number of aryl methyl sites for hydroxylation is 1. The normalized spacial score (nSPS) is 14.7. The van der Waals surface area contributed by atoms with Crippen LogP contribution >= 0.6 is 0 Å². The molecule has 2 aromatic heterocycles. The lowest BCUT2D eigenvalue weighted by atomic mass is 9.89. The third kappa shape index (κ3) is 4.72. The van der Waals surface area contributed by atoms with E-state index in [0.29, 0.717) is 24.5 Å². The minimum absolute atomic E-state index is 0.0151. The smallest absolute Gasteiger partial charge is 0.170 e. The summed E-state index contributed by atoms with van der Waals surface area (Å²) >= 11 is 0. The van der Waals surface area contributed by atoms with E-state index in [1.165, 1.54) is 0 Å². The molecule has 0 amide bonds. The number of nitrogens with zero attached hydrogens (tertiary/aromatic N) is 4. The van der Waals surface area contributed by atoms with E-state index in [4.69, 9.17) is 4.74 Å². The molecule has 7 heteroatoms. The molecule has 1 aliphatic heterocycles. The monoisotopic (exact) mass is 468 g/mol. The predicted octanol–water partition coefficient (Wildman–Crippen LogP) is 4.29. The Hall–Kier alpha value is -3.84. The molecule has 5 rings (SSSR count). The van der Waals surface area contributed by atoms with E-state index in [1.54, 1.807) is 22.8 Å². The highest BCUT2D eigenvalue weighted by Crippen LogP contribution is 2.24. The maximum atomic E-state index is 13.1. The van der Waals surface area contributed by atoms with Crippen molar-refractivity contribution in [2.45, 2.75) is 26.2 Å². The third-order valence-electron chi connectivity index (χ3n) is 6.61. The summed E-state index contributed by atoms with van der Waals surface area (Å²) < 4.78 is 7.28. The van der Waals surface area contributed by atoms with E-state index >= 15 is 0 Å². The molecule has 0 aliphatic carbocycles. The largest absolute Gasteiger partial charge is 0.378 e. The molecule has 0 bridgehead atoms. The summed E-state index contributed by atoms with van der Waals surface area (Å²) in [4.78, 5) is 32.9. The van der Waals surface area contributed by atoms with Crippen LogP contribution in [0.2, 0.25) is 0 Å². The van der Waals surface area contributed by atoms with Gasteiger partial charge in [-0.05, 0) is 18.1 Å². The Balaban J connectivity index is 1.33. The van der Waals surface area contributed by atoms with E-state index in [-0.39, 0.29) is 23.9 Å². The van der Waals surface area contributed by atoms with Crippen LogP contribution in [0, 0.1) is 6.92 Å². The Labute approximate surface area is 204 Å². The van der Waals surface area contributed by atoms with Gasteiger partial charge in [0.15, 0.2) is 17.2 Å². The van der Waals surface area contributed by atoms with Crippen molar-refractivity contribution < 1.29 is 14.3 Å². The van der Waals surface area contributed by atoms with Crippen molar-refractivity contribution in [1.29, 1.82) is 0 Å². The number of carbonyl (C=O) groups excluding carboxylic acids is 2. The molecule has 0 saturated carbocycles. The van der Waals surface area contributed by atoms with Crippen molar-refractivity contribution in [3.8, 4) is 0 Å². The van der Waals surface area contributed by atoms with Crippen molar-refractivity contribution >= 4 is 23.0 Å². The topological polar surface area (TPSA) is 76.8 Å². The second-order valence-corrected chi connectivity index (χ2v) is 8.93. The zero-order valence-electron chi connectivity index (χ0n) is 20.0. The number of morpholine rings is 1. The van der Waals surface area contributed by atoms with Crippen LogP contribution in [-0.4, -0.2) is 52.5 Å². The van der Waals surface area contributed by atoms with Gasteiger partial charge < -0.3 is 9.64 Å². The molecule has 178 valence electrons. The van der Waals surface area contributed by atoms with Gasteiger partial charge in [0.1, 0.15) is 5.82 Å². The molecular weight excluding hydrogens is 440 g/mol. The number of carbonyl (C=O) groups is 2. The van der Waals surface area contributed by atoms with Crippen molar-refractivity contribution in [3.63, 3.8) is 0 Å². The molecule has 1 fully saturated rings. The Morgan fingerprint density at radius 3 is 2.51 bits per heavy atom. The second-order valence-electron chi connectivity index (χ2n) is 8.93. The lowest BCUT2D eigenvalue weighted by Crippen LogP contribution is -2.37. The van der Waals surface area contributed by atoms with Crippen LogP contribution in [0.1, 0.15) is 50.4 Å². The number of rotatable bonds is 7. The fraction of sp³-hybridized carbons (Fsp3) is 0.286. The lowest BCUT2D eigenvalue weighted by Gasteiger charge is -2.29. The molecule has 0 spiro atoms. The van der Waals surface area contributed by atoms with Crippen LogP contribution < -0.4 is 4.90 Å². The molecular formula is C28H28N4O3. The van der Waals surface area contributed by atoms with Gasteiger partial charge in [0.25, 0.3) is 0 Å². The minimum Gasteiger partial charge on any atom is -0.378 e. The van der Waals surface area contributed by atoms with Crippen molar-refractivity contribution in [3.05, 3.63) is 94.8 Å². The van der Waals surface area contributed by atoms with Gasteiger partial charge in [-0.1, -0.05) is 55.5 Å². The molecule has 3 heterocycles. The molecule has 4 aromatic rings. The number of hydrogen-bond donors (Lipinski definition) is 0. The average molecular weight is 469 g/mol. The highest BCUT2D eigenvalue weighted by Gasteiger charge is 2.20. The first kappa shape index (κ1) is 22.9. The van der Waals surface area contributed by atoms with Crippen LogP contribution in [0.4, 0.5) is 5.82 Å². The molecule has 1 atom stereocenters. The van der Waals surface area contributed by atoms with Crippen LogP contribution in [0.25, 0.3) is 5.65 Å². The van der Waals surface area contributed by atoms with Crippen molar-refractivity contribution in [2.75, 3.05) is 31.2 Å². The maximum Gasteiger partial charge on any atom is 0.170 e. The Morgan fingerprint density at radius 2 is 1.77 bits per heavy atom. The molecule has 0 N–H and O–H groups in total. The number of ether oxygens (including phenoxy) is 1. The minimum atomic E-state index is -0.290. The predicted molar refractivity (Wildman–Crippen MR) is 134 cm³/mol. The maximum absolute atomic E-state index is 13.1. The zero-order chi connectivity index (χ0) is 24.4. The zero-order valence-corrected chi connectivity index (χ0v) is 20.0. The van der Waals surface area contributed by atoms with Crippen LogP contribution in [0.15, 0.2) is 66.9 Å². The van der Waals surface area contributed by atoms with Crippen LogP contribution in [-0.2, 0) is 11.2 Å². The molecule has 7 nitrogen and oxygen atoms in total. The first-order chi connectivity index (χ1) is 17.0. The fourth-order valence-corrected chi connectivity index (χ4v) is 4.51. The van der Waals surface area contributed by atoms with Crippen molar-refractivity contribution in [1.82, 2.24) is 14.6 Å². The number of ketones is 2. The first-order valence-electron chi connectivity index (χ1n) is 11.9. The highest BCUT2D eigenvalue weighted by molar-refractivity contribution is 6.02. The molecule has 35 heavy (non-hydrogen) atoms. The standard InChI is InChI=1S/C28H28N4O3/c1-19-5-3-4-6-24(19)28(34)20(2)21-7-9-22(10-8-21)25(33)17-23-18-27(31-13-15-35-16-14-31)32-26(30-23)11-12-29-32/h3-12,18,20H,13-17H2,1-2H3. The number of anilines is 1. The Kier molecular flexibility index (Phi) is 6.42. The summed E-state index contributed by atoms with van der Waals surface area (Å²) in [5.74, 6) is 0.696.